The Morgan fingerprint density at radius 3 is 2.56 bits per heavy atom. The van der Waals surface area contributed by atoms with Crippen LogP contribution in [-0.2, 0) is 14.8 Å². The Bertz CT molecular complexity index is 905. The second-order valence-electron chi connectivity index (χ2n) is 5.25. The lowest BCUT2D eigenvalue weighted by Gasteiger charge is -2.10. The van der Waals surface area contributed by atoms with Crippen LogP contribution < -0.4 is 9.46 Å². The van der Waals surface area contributed by atoms with E-state index in [1.54, 1.807) is 26.8 Å². The number of ether oxygens (including phenoxy) is 2. The number of methoxy groups -OCH3 is 1. The van der Waals surface area contributed by atoms with Crippen molar-refractivity contribution in [3.8, 4) is 5.75 Å². The summed E-state index contributed by atoms with van der Waals surface area (Å²) >= 11 is 6.02. The van der Waals surface area contributed by atoms with Crippen LogP contribution in [0.2, 0.25) is 5.02 Å². The summed E-state index contributed by atoms with van der Waals surface area (Å²) in [5.74, 6) is -0.166. The van der Waals surface area contributed by atoms with Gasteiger partial charge in [-0.3, -0.25) is 4.72 Å². The van der Waals surface area contributed by atoms with Crippen LogP contribution in [0.5, 0.6) is 5.75 Å². The molecule has 25 heavy (non-hydrogen) atoms. The zero-order chi connectivity index (χ0) is 18.8. The van der Waals surface area contributed by atoms with Gasteiger partial charge in [0.2, 0.25) is 0 Å². The highest BCUT2D eigenvalue weighted by molar-refractivity contribution is 7.92. The molecule has 0 bridgehead atoms. The number of hydrogen-bond donors (Lipinski definition) is 2. The third-order valence-electron chi connectivity index (χ3n) is 3.52. The Labute approximate surface area is 151 Å². The Kier molecular flexibility index (Phi) is 5.64. The van der Waals surface area contributed by atoms with Gasteiger partial charge in [-0.1, -0.05) is 11.6 Å². The molecular formula is C16H19ClN2O5S. The molecule has 1 aromatic heterocycles. The topological polar surface area (TPSA) is 97.5 Å². The number of esters is 1. The normalized spacial score (nSPS) is 11.2. The standard InChI is InChI=1S/C16H19ClN2O5S/c1-5-24-16(20)14-9(2)15(10(3)18-14)25(21,22)19-11-6-7-13(23-4)12(17)8-11/h6-8,18-19H,5H2,1-4H3. The van der Waals surface area contributed by atoms with E-state index in [1.165, 1.54) is 19.2 Å². The fourth-order valence-corrected chi connectivity index (χ4v) is 4.24. The van der Waals surface area contributed by atoms with Gasteiger partial charge in [0.15, 0.2) is 0 Å². The molecule has 0 aliphatic heterocycles. The minimum Gasteiger partial charge on any atom is -0.495 e. The number of H-pyrrole nitrogens is 1. The van der Waals surface area contributed by atoms with Crippen molar-refractivity contribution >= 4 is 33.3 Å². The predicted molar refractivity (Wildman–Crippen MR) is 95.0 cm³/mol. The van der Waals surface area contributed by atoms with Crippen LogP contribution in [0.1, 0.15) is 28.7 Å². The Balaban J connectivity index is 2.40. The van der Waals surface area contributed by atoms with Gasteiger partial charge in [-0.2, -0.15) is 0 Å². The van der Waals surface area contributed by atoms with E-state index in [1.807, 2.05) is 0 Å². The van der Waals surface area contributed by atoms with Gasteiger partial charge < -0.3 is 14.5 Å². The first-order valence-corrected chi connectivity index (χ1v) is 9.30. The number of carbonyl (C=O) groups excluding carboxylic acids is 1. The number of carbonyl (C=O) groups is 1. The molecular weight excluding hydrogens is 368 g/mol. The van der Waals surface area contributed by atoms with Crippen molar-refractivity contribution in [2.75, 3.05) is 18.4 Å². The van der Waals surface area contributed by atoms with Crippen molar-refractivity contribution in [3.05, 3.63) is 40.2 Å². The van der Waals surface area contributed by atoms with Crippen molar-refractivity contribution in [2.45, 2.75) is 25.7 Å². The summed E-state index contributed by atoms with van der Waals surface area (Å²) in [6, 6.07) is 4.54. The molecule has 0 aliphatic rings. The summed E-state index contributed by atoms with van der Waals surface area (Å²) in [4.78, 5) is 14.7. The van der Waals surface area contributed by atoms with E-state index in [0.717, 1.165) is 0 Å². The number of anilines is 1. The summed E-state index contributed by atoms with van der Waals surface area (Å²) < 4.78 is 37.9. The van der Waals surface area contributed by atoms with E-state index in [-0.39, 0.29) is 27.9 Å². The number of aromatic amines is 1. The van der Waals surface area contributed by atoms with Gasteiger partial charge in [0, 0.05) is 11.3 Å². The average molecular weight is 387 g/mol. The molecule has 1 heterocycles. The molecule has 0 atom stereocenters. The minimum absolute atomic E-state index is 0.00231. The number of rotatable bonds is 6. The van der Waals surface area contributed by atoms with Crippen LogP contribution in [0.3, 0.4) is 0 Å². The number of benzene rings is 1. The van der Waals surface area contributed by atoms with Crippen LogP contribution in [0.15, 0.2) is 23.1 Å². The Hall–Kier alpha value is -2.19. The van der Waals surface area contributed by atoms with E-state index < -0.39 is 16.0 Å². The van der Waals surface area contributed by atoms with E-state index in [9.17, 15) is 13.2 Å². The highest BCUT2D eigenvalue weighted by atomic mass is 35.5. The second kappa shape index (κ2) is 7.37. The van der Waals surface area contributed by atoms with Crippen molar-refractivity contribution in [1.82, 2.24) is 4.98 Å². The van der Waals surface area contributed by atoms with Crippen LogP contribution in [0.4, 0.5) is 5.69 Å². The van der Waals surface area contributed by atoms with E-state index >= 15 is 0 Å². The largest absolute Gasteiger partial charge is 0.495 e. The highest BCUT2D eigenvalue weighted by Crippen LogP contribution is 2.30. The van der Waals surface area contributed by atoms with Crippen molar-refractivity contribution in [2.24, 2.45) is 0 Å². The van der Waals surface area contributed by atoms with Crippen LogP contribution in [-0.4, -0.2) is 33.1 Å². The molecule has 0 radical (unpaired) electrons. The number of sulfonamides is 1. The maximum atomic E-state index is 12.7. The quantitative estimate of drug-likeness (QED) is 0.742. The number of aromatic nitrogens is 1. The third kappa shape index (κ3) is 3.91. The van der Waals surface area contributed by atoms with E-state index in [4.69, 9.17) is 21.1 Å². The molecule has 0 amide bonds. The zero-order valence-electron chi connectivity index (χ0n) is 14.3. The highest BCUT2D eigenvalue weighted by Gasteiger charge is 2.27. The SMILES string of the molecule is CCOC(=O)c1[nH]c(C)c(S(=O)(=O)Nc2ccc(OC)c(Cl)c2)c1C. The Morgan fingerprint density at radius 2 is 2.00 bits per heavy atom. The van der Waals surface area contributed by atoms with Gasteiger partial charge in [0.05, 0.1) is 24.4 Å². The van der Waals surface area contributed by atoms with E-state index in [2.05, 4.69) is 9.71 Å². The molecule has 7 nitrogen and oxygen atoms in total. The number of hydrogen-bond acceptors (Lipinski definition) is 5. The molecule has 0 aliphatic carbocycles. The first-order chi connectivity index (χ1) is 11.7. The second-order valence-corrected chi connectivity index (χ2v) is 7.28. The van der Waals surface area contributed by atoms with Crippen molar-refractivity contribution < 1.29 is 22.7 Å². The summed E-state index contributed by atoms with van der Waals surface area (Å²) in [5, 5.41) is 0.275. The van der Waals surface area contributed by atoms with Crippen LogP contribution in [0, 0.1) is 13.8 Å². The minimum atomic E-state index is -3.93. The molecule has 2 N–H and O–H groups in total. The first-order valence-electron chi connectivity index (χ1n) is 7.44. The fourth-order valence-electron chi connectivity index (χ4n) is 2.48. The number of aryl methyl sites for hydroxylation is 1. The maximum Gasteiger partial charge on any atom is 0.355 e. The average Bonchev–Trinajstić information content (AvgIpc) is 2.83. The predicted octanol–water partition coefficient (Wildman–Crippen LogP) is 3.27. The fraction of sp³-hybridized carbons (Fsp3) is 0.312. The molecule has 0 spiro atoms. The molecule has 0 fully saturated rings. The van der Waals surface area contributed by atoms with Crippen LogP contribution in [0.25, 0.3) is 0 Å². The molecule has 1 aromatic carbocycles. The molecule has 9 heteroatoms. The third-order valence-corrected chi connectivity index (χ3v) is 5.47. The molecule has 0 unspecified atom stereocenters. The van der Waals surface area contributed by atoms with Gasteiger partial charge in [0.25, 0.3) is 10.0 Å². The van der Waals surface area contributed by atoms with Gasteiger partial charge >= 0.3 is 5.97 Å². The Morgan fingerprint density at radius 1 is 1.32 bits per heavy atom. The maximum absolute atomic E-state index is 12.7. The first kappa shape index (κ1) is 19.1. The lowest BCUT2D eigenvalue weighted by Crippen LogP contribution is -2.15. The molecule has 0 saturated carbocycles. The monoisotopic (exact) mass is 386 g/mol. The summed E-state index contributed by atoms with van der Waals surface area (Å²) in [6.07, 6.45) is 0. The van der Waals surface area contributed by atoms with Gasteiger partial charge in [-0.05, 0) is 39.0 Å². The van der Waals surface area contributed by atoms with Crippen LogP contribution >= 0.6 is 11.6 Å². The number of halogens is 1. The summed E-state index contributed by atoms with van der Waals surface area (Å²) in [6.45, 7) is 4.99. The summed E-state index contributed by atoms with van der Waals surface area (Å²) in [7, 11) is -2.46. The van der Waals surface area contributed by atoms with E-state index in [0.29, 0.717) is 17.0 Å². The molecule has 136 valence electrons. The van der Waals surface area contributed by atoms with Gasteiger partial charge in [-0.15, -0.1) is 0 Å². The number of nitrogens with one attached hydrogen (secondary N) is 2. The van der Waals surface area contributed by atoms with Gasteiger partial charge in [-0.25, -0.2) is 13.2 Å². The summed E-state index contributed by atoms with van der Waals surface area (Å²) in [5.41, 5.74) is 1.03. The zero-order valence-corrected chi connectivity index (χ0v) is 15.8. The smallest absolute Gasteiger partial charge is 0.355 e. The van der Waals surface area contributed by atoms with Crippen molar-refractivity contribution in [3.63, 3.8) is 0 Å². The molecule has 2 rings (SSSR count). The lowest BCUT2D eigenvalue weighted by atomic mass is 10.2. The molecule has 0 saturated heterocycles. The lowest BCUT2D eigenvalue weighted by molar-refractivity contribution is 0.0519. The molecule has 2 aromatic rings. The van der Waals surface area contributed by atoms with Gasteiger partial charge in [0.1, 0.15) is 16.3 Å². The van der Waals surface area contributed by atoms with Crippen molar-refractivity contribution in [1.29, 1.82) is 0 Å².